The van der Waals surface area contributed by atoms with Crippen molar-refractivity contribution in [1.82, 2.24) is 14.5 Å². The fraction of sp³-hybridized carbons (Fsp3) is 0.280. The second-order valence-corrected chi connectivity index (χ2v) is 11.4. The van der Waals surface area contributed by atoms with Crippen molar-refractivity contribution in [2.24, 2.45) is 0 Å². The number of hydrogen-bond acceptors (Lipinski definition) is 6. The molecule has 4 aromatic rings. The highest BCUT2D eigenvalue weighted by Gasteiger charge is 2.31. The number of halogens is 1. The van der Waals surface area contributed by atoms with Gasteiger partial charge in [-0.05, 0) is 67.8 Å². The monoisotopic (exact) mass is 529 g/mol. The van der Waals surface area contributed by atoms with Crippen LogP contribution in [0.25, 0.3) is 10.9 Å². The lowest BCUT2D eigenvalue weighted by Gasteiger charge is -2.42. The summed E-state index contributed by atoms with van der Waals surface area (Å²) in [6.07, 6.45) is 3.37. The number of rotatable bonds is 6. The molecule has 2 atom stereocenters. The standard InChI is InChI=1S/C25H26FN5O3S2.H2/c1-17-16-29(21-5-7-22(8-6-21)36(33,34)28-25-27-10-14-35-25)12-13-30(17)24(32)18(2)31-11-9-19-3-4-20(26)15-23(19)31;/h3-11,14-15,17-18H,12-13,16H2,1-2H3,(H,27,28);1H. The Morgan fingerprint density at radius 1 is 1.19 bits per heavy atom. The molecule has 0 saturated carbocycles. The topological polar surface area (TPSA) is 87.5 Å². The van der Waals surface area contributed by atoms with Gasteiger partial charge in [0.15, 0.2) is 5.13 Å². The summed E-state index contributed by atoms with van der Waals surface area (Å²) in [6, 6.07) is 12.7. The number of fused-ring (bicyclic) bond motifs is 1. The third-order valence-corrected chi connectivity index (χ3v) is 8.71. The SMILES string of the molecule is CC1CN(c2ccc(S(=O)(=O)Nc3nccs3)cc2)CCN1C(=O)C(C)n1ccc2ccc(F)cc21.[HH]. The average Bonchev–Trinajstić information content (AvgIpc) is 3.52. The van der Waals surface area contributed by atoms with Gasteiger partial charge in [0.05, 0.1) is 10.4 Å². The van der Waals surface area contributed by atoms with Gasteiger partial charge >= 0.3 is 0 Å². The molecule has 8 nitrogen and oxygen atoms in total. The van der Waals surface area contributed by atoms with E-state index >= 15 is 0 Å². The van der Waals surface area contributed by atoms with Crippen LogP contribution >= 0.6 is 11.3 Å². The van der Waals surface area contributed by atoms with Crippen LogP contribution < -0.4 is 9.62 Å². The predicted octanol–water partition coefficient (Wildman–Crippen LogP) is 4.58. The number of nitrogens with one attached hydrogen (secondary N) is 1. The third kappa shape index (κ3) is 4.68. The zero-order valence-corrected chi connectivity index (χ0v) is 21.5. The van der Waals surface area contributed by atoms with Crippen molar-refractivity contribution in [3.05, 3.63) is 72.1 Å². The summed E-state index contributed by atoms with van der Waals surface area (Å²) in [6.45, 7) is 5.60. The molecule has 1 fully saturated rings. The first-order valence-corrected chi connectivity index (χ1v) is 13.9. The number of anilines is 2. The van der Waals surface area contributed by atoms with Gasteiger partial charge in [-0.15, -0.1) is 11.3 Å². The molecule has 11 heteroatoms. The number of nitrogens with zero attached hydrogens (tertiary/aromatic N) is 4. The second-order valence-electron chi connectivity index (χ2n) is 8.87. The van der Waals surface area contributed by atoms with E-state index in [1.54, 1.807) is 41.9 Å². The Balaban J connectivity index is 0.00000320. The molecule has 190 valence electrons. The van der Waals surface area contributed by atoms with Gasteiger partial charge in [0.2, 0.25) is 5.91 Å². The normalized spacial score (nSPS) is 17.4. The van der Waals surface area contributed by atoms with E-state index in [9.17, 15) is 17.6 Å². The minimum absolute atomic E-state index is 0. The first-order valence-electron chi connectivity index (χ1n) is 11.6. The van der Waals surface area contributed by atoms with E-state index in [0.717, 1.165) is 11.1 Å². The Bertz CT molecular complexity index is 1490. The van der Waals surface area contributed by atoms with Gasteiger partial charge in [-0.1, -0.05) is 0 Å². The number of benzene rings is 2. The number of carbonyl (C=O) groups is 1. The Kier molecular flexibility index (Phi) is 6.44. The lowest BCUT2D eigenvalue weighted by Crippen LogP contribution is -2.55. The highest BCUT2D eigenvalue weighted by Crippen LogP contribution is 2.26. The van der Waals surface area contributed by atoms with Crippen LogP contribution in [0.4, 0.5) is 15.2 Å². The summed E-state index contributed by atoms with van der Waals surface area (Å²) in [7, 11) is -3.71. The van der Waals surface area contributed by atoms with Gasteiger partial charge in [-0.25, -0.2) is 17.8 Å². The third-order valence-electron chi connectivity index (χ3n) is 6.54. The summed E-state index contributed by atoms with van der Waals surface area (Å²) >= 11 is 1.22. The van der Waals surface area contributed by atoms with E-state index in [1.165, 1.54) is 23.5 Å². The predicted molar refractivity (Wildman–Crippen MR) is 141 cm³/mol. The van der Waals surface area contributed by atoms with Crippen LogP contribution in [0, 0.1) is 5.82 Å². The smallest absolute Gasteiger partial charge is 0.263 e. The zero-order valence-electron chi connectivity index (χ0n) is 19.8. The molecule has 1 aliphatic heterocycles. The van der Waals surface area contributed by atoms with Gasteiger partial charge in [0, 0.05) is 50.6 Å². The van der Waals surface area contributed by atoms with Gasteiger partial charge in [-0.3, -0.25) is 9.52 Å². The van der Waals surface area contributed by atoms with Crippen molar-refractivity contribution >= 4 is 49.0 Å². The number of sulfonamides is 1. The number of piperazine rings is 1. The Hall–Kier alpha value is -3.44. The van der Waals surface area contributed by atoms with E-state index < -0.39 is 16.1 Å². The maximum atomic E-state index is 13.8. The lowest BCUT2D eigenvalue weighted by atomic mass is 10.1. The molecule has 1 N–H and O–H groups in total. The van der Waals surface area contributed by atoms with Crippen LogP contribution in [0.2, 0.25) is 0 Å². The van der Waals surface area contributed by atoms with Gasteiger partial charge in [-0.2, -0.15) is 0 Å². The Morgan fingerprint density at radius 2 is 1.97 bits per heavy atom. The molecule has 2 aromatic carbocycles. The van der Waals surface area contributed by atoms with Gasteiger partial charge in [0.1, 0.15) is 11.9 Å². The van der Waals surface area contributed by atoms with Crippen LogP contribution in [0.5, 0.6) is 0 Å². The molecule has 0 radical (unpaired) electrons. The first-order chi connectivity index (χ1) is 17.2. The largest absolute Gasteiger partial charge is 0.368 e. The van der Waals surface area contributed by atoms with Crippen molar-refractivity contribution < 1.29 is 19.0 Å². The van der Waals surface area contributed by atoms with Crippen molar-refractivity contribution in [2.45, 2.75) is 30.8 Å². The summed E-state index contributed by atoms with van der Waals surface area (Å²) in [5.41, 5.74) is 1.59. The fourth-order valence-electron chi connectivity index (χ4n) is 4.62. The molecule has 2 unspecified atom stereocenters. The maximum absolute atomic E-state index is 13.8. The van der Waals surface area contributed by atoms with Gasteiger partial charge in [0.25, 0.3) is 10.0 Å². The molecule has 1 saturated heterocycles. The van der Waals surface area contributed by atoms with E-state index in [4.69, 9.17) is 0 Å². The van der Waals surface area contributed by atoms with Crippen molar-refractivity contribution in [3.8, 4) is 0 Å². The van der Waals surface area contributed by atoms with E-state index in [2.05, 4.69) is 14.6 Å². The molecule has 0 aliphatic carbocycles. The summed E-state index contributed by atoms with van der Waals surface area (Å²) in [4.78, 5) is 21.5. The first kappa shape index (κ1) is 24.3. The molecule has 36 heavy (non-hydrogen) atoms. The highest BCUT2D eigenvalue weighted by atomic mass is 32.2. The van der Waals surface area contributed by atoms with Gasteiger partial charge < -0.3 is 14.4 Å². The molecule has 3 heterocycles. The van der Waals surface area contributed by atoms with Crippen LogP contribution in [0.3, 0.4) is 0 Å². The molecule has 2 aromatic heterocycles. The number of carbonyl (C=O) groups excluding carboxylic acids is 1. The minimum Gasteiger partial charge on any atom is -0.368 e. The molecule has 1 aliphatic rings. The van der Waals surface area contributed by atoms with Crippen LogP contribution in [0.1, 0.15) is 21.3 Å². The quantitative estimate of drug-likeness (QED) is 0.395. The Morgan fingerprint density at radius 3 is 2.67 bits per heavy atom. The minimum atomic E-state index is -3.71. The molecule has 0 bridgehead atoms. The molecular weight excluding hydrogens is 501 g/mol. The van der Waals surface area contributed by atoms with Crippen molar-refractivity contribution in [3.63, 3.8) is 0 Å². The van der Waals surface area contributed by atoms with Crippen LogP contribution in [-0.2, 0) is 14.8 Å². The molecule has 0 spiro atoms. The van der Waals surface area contributed by atoms with E-state index in [1.807, 2.05) is 35.6 Å². The lowest BCUT2D eigenvalue weighted by molar-refractivity contribution is -0.136. The molecule has 5 rings (SSSR count). The summed E-state index contributed by atoms with van der Waals surface area (Å²) in [5.74, 6) is -0.347. The Labute approximate surface area is 214 Å². The number of thiazole rings is 1. The zero-order chi connectivity index (χ0) is 25.4. The number of aromatic nitrogens is 2. The average molecular weight is 530 g/mol. The van der Waals surface area contributed by atoms with Crippen molar-refractivity contribution in [1.29, 1.82) is 0 Å². The summed E-state index contributed by atoms with van der Waals surface area (Å²) < 4.78 is 43.3. The van der Waals surface area contributed by atoms with Crippen LogP contribution in [0.15, 0.2) is 71.2 Å². The second kappa shape index (κ2) is 9.55. The maximum Gasteiger partial charge on any atom is 0.263 e. The van der Waals surface area contributed by atoms with E-state index in [-0.39, 0.29) is 24.1 Å². The summed E-state index contributed by atoms with van der Waals surface area (Å²) in [5, 5.41) is 2.91. The number of hydrogen-bond donors (Lipinski definition) is 1. The van der Waals surface area contributed by atoms with Crippen molar-refractivity contribution in [2.75, 3.05) is 29.3 Å². The molecule has 1 amide bonds. The highest BCUT2D eigenvalue weighted by molar-refractivity contribution is 7.93. The number of amides is 1. The van der Waals surface area contributed by atoms with E-state index in [0.29, 0.717) is 30.3 Å². The molecular formula is C25H28FN5O3S2. The van der Waals surface area contributed by atoms with Crippen LogP contribution in [-0.4, -0.2) is 54.5 Å². The fourth-order valence-corrected chi connectivity index (χ4v) is 6.41.